The molecule has 2 rings (SSSR count). The van der Waals surface area contributed by atoms with Gasteiger partial charge in [0.25, 0.3) is 0 Å². The van der Waals surface area contributed by atoms with Gasteiger partial charge in [-0.05, 0) is 48.6 Å². The maximum atomic E-state index is 13.6. The summed E-state index contributed by atoms with van der Waals surface area (Å²) >= 11 is 0. The zero-order valence-electron chi connectivity index (χ0n) is 11.3. The van der Waals surface area contributed by atoms with Crippen molar-refractivity contribution in [1.29, 1.82) is 0 Å². The Morgan fingerprint density at radius 2 is 1.84 bits per heavy atom. The Kier molecular flexibility index (Phi) is 4.30. The van der Waals surface area contributed by atoms with Crippen LogP contribution < -0.4 is 11.3 Å². The Morgan fingerprint density at radius 1 is 1.11 bits per heavy atom. The van der Waals surface area contributed by atoms with Gasteiger partial charge in [0.05, 0.1) is 6.04 Å². The minimum absolute atomic E-state index is 0.0869. The van der Waals surface area contributed by atoms with E-state index in [1.165, 1.54) is 11.1 Å². The van der Waals surface area contributed by atoms with Gasteiger partial charge >= 0.3 is 0 Å². The van der Waals surface area contributed by atoms with Gasteiger partial charge < -0.3 is 0 Å². The molecule has 1 atom stereocenters. The number of hydrogen-bond donors (Lipinski definition) is 2. The number of nitrogens with one attached hydrogen (secondary N) is 1. The molecule has 3 heteroatoms. The lowest BCUT2D eigenvalue weighted by atomic mass is 9.96. The van der Waals surface area contributed by atoms with Crippen molar-refractivity contribution in [3.8, 4) is 0 Å². The second kappa shape index (κ2) is 5.95. The Hall–Kier alpha value is -1.71. The minimum atomic E-state index is -0.192. The molecule has 0 radical (unpaired) electrons. The first-order valence-electron chi connectivity index (χ1n) is 6.38. The van der Waals surface area contributed by atoms with E-state index in [9.17, 15) is 4.39 Å². The van der Waals surface area contributed by atoms with Crippen LogP contribution in [0.4, 0.5) is 4.39 Å². The third-order valence-electron chi connectivity index (χ3n) is 3.48. The van der Waals surface area contributed by atoms with Crippen LogP contribution in [0.1, 0.15) is 28.3 Å². The lowest BCUT2D eigenvalue weighted by Crippen LogP contribution is -2.29. The quantitative estimate of drug-likeness (QED) is 0.653. The molecule has 1 unspecified atom stereocenters. The summed E-state index contributed by atoms with van der Waals surface area (Å²) in [6.45, 7) is 3.82. The van der Waals surface area contributed by atoms with Crippen molar-refractivity contribution in [3.05, 3.63) is 70.5 Å². The number of hydrogen-bond acceptors (Lipinski definition) is 2. The van der Waals surface area contributed by atoms with E-state index in [2.05, 4.69) is 24.5 Å². The van der Waals surface area contributed by atoms with Crippen LogP contribution in [0.2, 0.25) is 0 Å². The van der Waals surface area contributed by atoms with E-state index >= 15 is 0 Å². The fraction of sp³-hybridized carbons (Fsp3) is 0.250. The van der Waals surface area contributed by atoms with Gasteiger partial charge in [0.2, 0.25) is 0 Å². The number of nitrogens with two attached hydrogens (primary N) is 1. The maximum absolute atomic E-state index is 13.6. The van der Waals surface area contributed by atoms with Crippen LogP contribution in [0, 0.1) is 19.7 Å². The molecule has 0 aliphatic carbocycles. The van der Waals surface area contributed by atoms with Crippen molar-refractivity contribution in [2.45, 2.75) is 26.3 Å². The number of halogens is 1. The molecule has 2 aromatic rings. The van der Waals surface area contributed by atoms with Gasteiger partial charge in [0.15, 0.2) is 0 Å². The molecular weight excluding hydrogens is 239 g/mol. The van der Waals surface area contributed by atoms with E-state index in [0.29, 0.717) is 5.56 Å². The molecule has 3 N–H and O–H groups in total. The molecule has 0 aliphatic heterocycles. The fourth-order valence-electron chi connectivity index (χ4n) is 2.16. The van der Waals surface area contributed by atoms with Gasteiger partial charge in [-0.15, -0.1) is 0 Å². The van der Waals surface area contributed by atoms with Crippen molar-refractivity contribution in [1.82, 2.24) is 5.43 Å². The van der Waals surface area contributed by atoms with Crippen LogP contribution in [0.25, 0.3) is 0 Å². The standard InChI is InChI=1S/C16H19FN2/c1-11-5-3-4-6-13(11)10-16(19-18)14-8-7-12(2)15(17)9-14/h3-9,16,19H,10,18H2,1-2H3. The van der Waals surface area contributed by atoms with Crippen molar-refractivity contribution in [3.63, 3.8) is 0 Å². The third-order valence-corrected chi connectivity index (χ3v) is 3.48. The van der Waals surface area contributed by atoms with E-state index in [1.54, 1.807) is 19.1 Å². The Labute approximate surface area is 113 Å². The summed E-state index contributed by atoms with van der Waals surface area (Å²) in [6, 6.07) is 13.3. The maximum Gasteiger partial charge on any atom is 0.126 e. The summed E-state index contributed by atoms with van der Waals surface area (Å²) in [6.07, 6.45) is 0.742. The Morgan fingerprint density at radius 3 is 2.47 bits per heavy atom. The minimum Gasteiger partial charge on any atom is -0.271 e. The topological polar surface area (TPSA) is 38.0 Å². The highest BCUT2D eigenvalue weighted by atomic mass is 19.1. The highest BCUT2D eigenvalue weighted by molar-refractivity contribution is 5.31. The normalized spacial score (nSPS) is 12.4. The van der Waals surface area contributed by atoms with Crippen molar-refractivity contribution >= 4 is 0 Å². The Balaban J connectivity index is 2.25. The van der Waals surface area contributed by atoms with Crippen LogP contribution >= 0.6 is 0 Å². The lowest BCUT2D eigenvalue weighted by Gasteiger charge is -2.18. The van der Waals surface area contributed by atoms with Gasteiger partial charge in [-0.3, -0.25) is 11.3 Å². The number of hydrazine groups is 1. The van der Waals surface area contributed by atoms with Gasteiger partial charge in [-0.2, -0.15) is 0 Å². The number of aryl methyl sites for hydroxylation is 2. The zero-order valence-corrected chi connectivity index (χ0v) is 11.3. The first kappa shape index (κ1) is 13.7. The predicted octanol–water partition coefficient (Wildman–Crippen LogP) is 3.19. The number of benzene rings is 2. The average Bonchev–Trinajstić information content (AvgIpc) is 2.41. The van der Waals surface area contributed by atoms with Crippen LogP contribution in [0.3, 0.4) is 0 Å². The summed E-state index contributed by atoms with van der Waals surface area (Å²) in [5.41, 5.74) is 6.72. The molecule has 0 fully saturated rings. The fourth-order valence-corrected chi connectivity index (χ4v) is 2.16. The second-order valence-electron chi connectivity index (χ2n) is 4.86. The van der Waals surface area contributed by atoms with Crippen LogP contribution in [-0.2, 0) is 6.42 Å². The van der Waals surface area contributed by atoms with Gasteiger partial charge in [-0.1, -0.05) is 36.4 Å². The average molecular weight is 258 g/mol. The van der Waals surface area contributed by atoms with E-state index < -0.39 is 0 Å². The van der Waals surface area contributed by atoms with Gasteiger partial charge in [0.1, 0.15) is 5.82 Å². The molecule has 2 nitrogen and oxygen atoms in total. The van der Waals surface area contributed by atoms with Gasteiger partial charge in [0, 0.05) is 0 Å². The largest absolute Gasteiger partial charge is 0.271 e. The summed E-state index contributed by atoms with van der Waals surface area (Å²) in [5.74, 6) is 5.43. The molecule has 2 aromatic carbocycles. The van der Waals surface area contributed by atoms with Crippen LogP contribution in [0.5, 0.6) is 0 Å². The first-order valence-corrected chi connectivity index (χ1v) is 6.38. The summed E-state index contributed by atoms with van der Waals surface area (Å²) < 4.78 is 13.6. The molecule has 0 amide bonds. The molecule has 0 bridgehead atoms. The third kappa shape index (κ3) is 3.19. The molecule has 0 spiro atoms. The van der Waals surface area contributed by atoms with Crippen molar-refractivity contribution < 1.29 is 4.39 Å². The molecule has 0 aliphatic rings. The molecule has 100 valence electrons. The highest BCUT2D eigenvalue weighted by Gasteiger charge is 2.13. The van der Waals surface area contributed by atoms with E-state index in [4.69, 9.17) is 5.84 Å². The van der Waals surface area contributed by atoms with E-state index in [0.717, 1.165) is 12.0 Å². The smallest absolute Gasteiger partial charge is 0.126 e. The van der Waals surface area contributed by atoms with Crippen LogP contribution in [0.15, 0.2) is 42.5 Å². The summed E-state index contributed by atoms with van der Waals surface area (Å²) in [4.78, 5) is 0. The summed E-state index contributed by atoms with van der Waals surface area (Å²) in [7, 11) is 0. The molecular formula is C16H19FN2. The molecule has 0 aromatic heterocycles. The van der Waals surface area contributed by atoms with Crippen molar-refractivity contribution in [2.24, 2.45) is 5.84 Å². The molecule has 0 saturated carbocycles. The van der Waals surface area contributed by atoms with Crippen LogP contribution in [-0.4, -0.2) is 0 Å². The summed E-state index contributed by atoms with van der Waals surface area (Å²) in [5, 5.41) is 0. The predicted molar refractivity (Wildman–Crippen MR) is 76.1 cm³/mol. The SMILES string of the molecule is Cc1ccc(C(Cc2ccccc2C)NN)cc1F. The highest BCUT2D eigenvalue weighted by Crippen LogP contribution is 2.21. The lowest BCUT2D eigenvalue weighted by molar-refractivity contribution is 0.542. The molecule has 19 heavy (non-hydrogen) atoms. The monoisotopic (exact) mass is 258 g/mol. The van der Waals surface area contributed by atoms with Crippen molar-refractivity contribution in [2.75, 3.05) is 0 Å². The van der Waals surface area contributed by atoms with Gasteiger partial charge in [-0.25, -0.2) is 4.39 Å². The molecule has 0 heterocycles. The molecule has 0 saturated heterocycles. The zero-order chi connectivity index (χ0) is 13.8. The Bertz CT molecular complexity index is 566. The van der Waals surface area contributed by atoms with E-state index in [1.807, 2.05) is 18.2 Å². The number of rotatable bonds is 4. The second-order valence-corrected chi connectivity index (χ2v) is 4.86. The first-order chi connectivity index (χ1) is 9.11. The van der Waals surface area contributed by atoms with E-state index in [-0.39, 0.29) is 11.9 Å².